The van der Waals surface area contributed by atoms with Crippen LogP contribution in [-0.4, -0.2) is 20.6 Å². The predicted octanol–water partition coefficient (Wildman–Crippen LogP) is 1.91. The Bertz CT molecular complexity index is 463. The van der Waals surface area contributed by atoms with Crippen molar-refractivity contribution in [2.24, 2.45) is 5.73 Å². The lowest BCUT2D eigenvalue weighted by Crippen LogP contribution is -2.33. The molecule has 2 atom stereocenters. The van der Waals surface area contributed by atoms with Crippen LogP contribution in [0.4, 0.5) is 0 Å². The number of nitrogens with two attached hydrogens (primary N) is 1. The average Bonchev–Trinajstić information content (AvgIpc) is 2.77. The van der Waals surface area contributed by atoms with Crippen LogP contribution >= 0.6 is 0 Å². The van der Waals surface area contributed by atoms with E-state index in [9.17, 15) is 0 Å². The van der Waals surface area contributed by atoms with E-state index in [1.807, 2.05) is 31.3 Å². The number of imidazole rings is 1. The van der Waals surface area contributed by atoms with Crippen LogP contribution in [0.3, 0.4) is 0 Å². The van der Waals surface area contributed by atoms with Crippen molar-refractivity contribution in [2.75, 3.05) is 0 Å². The first-order valence-electron chi connectivity index (χ1n) is 5.90. The fourth-order valence-corrected chi connectivity index (χ4v) is 2.02. The molecular formula is C13H18N4. The second-order valence-electron chi connectivity index (χ2n) is 4.15. The fourth-order valence-electron chi connectivity index (χ4n) is 2.02. The first-order chi connectivity index (χ1) is 8.24. The summed E-state index contributed by atoms with van der Waals surface area (Å²) in [5.41, 5.74) is 7.21. The molecule has 0 bridgehead atoms. The van der Waals surface area contributed by atoms with Crippen molar-refractivity contribution in [3.05, 3.63) is 48.3 Å². The van der Waals surface area contributed by atoms with Crippen LogP contribution in [0.25, 0.3) is 0 Å². The Hall–Kier alpha value is -1.68. The van der Waals surface area contributed by atoms with Gasteiger partial charge in [0.15, 0.2) is 0 Å². The molecule has 0 amide bonds. The van der Waals surface area contributed by atoms with Gasteiger partial charge in [-0.1, -0.05) is 13.0 Å². The Morgan fingerprint density at radius 3 is 2.65 bits per heavy atom. The maximum atomic E-state index is 6.22. The summed E-state index contributed by atoms with van der Waals surface area (Å²) in [7, 11) is 0. The lowest BCUT2D eigenvalue weighted by molar-refractivity contribution is 0.442. The molecule has 0 aliphatic rings. The van der Waals surface area contributed by atoms with E-state index in [2.05, 4.69) is 21.5 Å². The lowest BCUT2D eigenvalue weighted by Gasteiger charge is -2.25. The smallest absolute Gasteiger partial charge is 0.106 e. The molecule has 0 aromatic carbocycles. The summed E-state index contributed by atoms with van der Waals surface area (Å²) in [6.45, 7) is 4.07. The molecule has 2 aromatic rings. The number of aromatic nitrogens is 3. The molecular weight excluding hydrogens is 212 g/mol. The number of pyridine rings is 1. The zero-order chi connectivity index (χ0) is 12.3. The molecule has 4 heteroatoms. The fraction of sp³-hybridized carbons (Fsp3) is 0.385. The van der Waals surface area contributed by atoms with Crippen LogP contribution in [0.2, 0.25) is 0 Å². The molecule has 0 saturated heterocycles. The SMILES string of the molecule is CCC(N)C(c1ccccn1)n1ccnc1C. The van der Waals surface area contributed by atoms with Crippen LogP contribution in [0, 0.1) is 6.92 Å². The highest BCUT2D eigenvalue weighted by atomic mass is 15.1. The Labute approximate surface area is 102 Å². The Kier molecular flexibility index (Phi) is 3.54. The number of nitrogens with zero attached hydrogens (tertiary/aromatic N) is 3. The molecule has 2 N–H and O–H groups in total. The third-order valence-electron chi connectivity index (χ3n) is 3.03. The van der Waals surface area contributed by atoms with Gasteiger partial charge in [0, 0.05) is 24.6 Å². The molecule has 0 fully saturated rings. The highest BCUT2D eigenvalue weighted by Crippen LogP contribution is 2.22. The standard InChI is InChI=1S/C13H18N4/c1-3-11(14)13(12-6-4-5-7-16-12)17-9-8-15-10(17)2/h4-9,11,13H,3,14H2,1-2H3. The molecule has 17 heavy (non-hydrogen) atoms. The minimum Gasteiger partial charge on any atom is -0.326 e. The van der Waals surface area contributed by atoms with E-state index in [4.69, 9.17) is 5.73 Å². The van der Waals surface area contributed by atoms with Gasteiger partial charge >= 0.3 is 0 Å². The summed E-state index contributed by atoms with van der Waals surface area (Å²) in [5, 5.41) is 0. The summed E-state index contributed by atoms with van der Waals surface area (Å²) in [6, 6.07) is 6.02. The molecule has 0 radical (unpaired) electrons. The van der Waals surface area contributed by atoms with Crippen molar-refractivity contribution in [3.63, 3.8) is 0 Å². The van der Waals surface area contributed by atoms with E-state index < -0.39 is 0 Å². The highest BCUT2D eigenvalue weighted by Gasteiger charge is 2.22. The maximum absolute atomic E-state index is 6.22. The van der Waals surface area contributed by atoms with Crippen LogP contribution in [0.1, 0.15) is 30.9 Å². The quantitative estimate of drug-likeness (QED) is 0.873. The molecule has 0 saturated carbocycles. The normalized spacial score (nSPS) is 14.5. The summed E-state index contributed by atoms with van der Waals surface area (Å²) < 4.78 is 2.09. The molecule has 0 spiro atoms. The van der Waals surface area contributed by atoms with Gasteiger partial charge in [-0.2, -0.15) is 0 Å². The van der Waals surface area contributed by atoms with Gasteiger partial charge in [0.1, 0.15) is 5.82 Å². The third-order valence-corrected chi connectivity index (χ3v) is 3.03. The summed E-state index contributed by atoms with van der Waals surface area (Å²) in [5.74, 6) is 0.963. The topological polar surface area (TPSA) is 56.7 Å². The van der Waals surface area contributed by atoms with Gasteiger partial charge in [-0.05, 0) is 25.5 Å². The van der Waals surface area contributed by atoms with Gasteiger partial charge in [-0.3, -0.25) is 4.98 Å². The van der Waals surface area contributed by atoms with Gasteiger partial charge in [-0.15, -0.1) is 0 Å². The van der Waals surface area contributed by atoms with Gasteiger partial charge in [-0.25, -0.2) is 4.98 Å². The van der Waals surface area contributed by atoms with Crippen LogP contribution < -0.4 is 5.73 Å². The van der Waals surface area contributed by atoms with Gasteiger partial charge in [0.25, 0.3) is 0 Å². The number of aryl methyl sites for hydroxylation is 1. The van der Waals surface area contributed by atoms with E-state index in [-0.39, 0.29) is 12.1 Å². The van der Waals surface area contributed by atoms with Crippen molar-refractivity contribution in [1.82, 2.24) is 14.5 Å². The summed E-state index contributed by atoms with van der Waals surface area (Å²) >= 11 is 0. The monoisotopic (exact) mass is 230 g/mol. The first-order valence-corrected chi connectivity index (χ1v) is 5.90. The van der Waals surface area contributed by atoms with E-state index in [1.54, 1.807) is 12.4 Å². The molecule has 2 unspecified atom stereocenters. The number of hydrogen-bond acceptors (Lipinski definition) is 3. The summed E-state index contributed by atoms with van der Waals surface area (Å²) in [6.07, 6.45) is 6.47. The van der Waals surface area contributed by atoms with E-state index in [0.29, 0.717) is 0 Å². The zero-order valence-electron chi connectivity index (χ0n) is 10.2. The maximum Gasteiger partial charge on any atom is 0.106 e. The van der Waals surface area contributed by atoms with Crippen molar-refractivity contribution in [2.45, 2.75) is 32.4 Å². The lowest BCUT2D eigenvalue weighted by atomic mass is 10.0. The summed E-state index contributed by atoms with van der Waals surface area (Å²) in [4.78, 5) is 8.68. The van der Waals surface area contributed by atoms with Gasteiger partial charge in [0.05, 0.1) is 11.7 Å². The average molecular weight is 230 g/mol. The van der Waals surface area contributed by atoms with Crippen LogP contribution in [-0.2, 0) is 0 Å². The molecule has 2 heterocycles. The van der Waals surface area contributed by atoms with Crippen molar-refractivity contribution >= 4 is 0 Å². The second kappa shape index (κ2) is 5.10. The Balaban J connectivity index is 2.43. The molecule has 90 valence electrons. The van der Waals surface area contributed by atoms with Crippen molar-refractivity contribution < 1.29 is 0 Å². The third kappa shape index (κ3) is 2.36. The molecule has 0 aliphatic heterocycles. The number of hydrogen-bond donors (Lipinski definition) is 1. The van der Waals surface area contributed by atoms with Crippen molar-refractivity contribution in [1.29, 1.82) is 0 Å². The molecule has 4 nitrogen and oxygen atoms in total. The largest absolute Gasteiger partial charge is 0.326 e. The second-order valence-corrected chi connectivity index (χ2v) is 4.15. The first kappa shape index (κ1) is 11.8. The van der Waals surface area contributed by atoms with Gasteiger partial charge in [0.2, 0.25) is 0 Å². The molecule has 0 aliphatic carbocycles. The molecule has 2 rings (SSSR count). The zero-order valence-corrected chi connectivity index (χ0v) is 10.2. The Morgan fingerprint density at radius 2 is 2.12 bits per heavy atom. The number of rotatable bonds is 4. The minimum absolute atomic E-state index is 0.0396. The molecule has 2 aromatic heterocycles. The van der Waals surface area contributed by atoms with E-state index in [0.717, 1.165) is 17.9 Å². The highest BCUT2D eigenvalue weighted by molar-refractivity contribution is 5.14. The van der Waals surface area contributed by atoms with Crippen molar-refractivity contribution in [3.8, 4) is 0 Å². The van der Waals surface area contributed by atoms with Crippen LogP contribution in [0.5, 0.6) is 0 Å². The minimum atomic E-state index is 0.0396. The van der Waals surface area contributed by atoms with E-state index >= 15 is 0 Å². The van der Waals surface area contributed by atoms with Gasteiger partial charge < -0.3 is 10.3 Å². The predicted molar refractivity (Wildman–Crippen MR) is 67.6 cm³/mol. The Morgan fingerprint density at radius 1 is 1.29 bits per heavy atom. The van der Waals surface area contributed by atoms with E-state index in [1.165, 1.54) is 0 Å². The van der Waals surface area contributed by atoms with Crippen LogP contribution in [0.15, 0.2) is 36.8 Å².